The Morgan fingerprint density at radius 1 is 0.462 bits per heavy atom. The number of nitrogens with zero attached hydrogens (tertiary/aromatic N) is 4. The maximum absolute atomic E-state index is 4.58. The summed E-state index contributed by atoms with van der Waals surface area (Å²) in [4.78, 5) is 9.16. The number of rotatable bonds is 0. The van der Waals surface area contributed by atoms with Gasteiger partial charge in [0.2, 0.25) is 0 Å². The van der Waals surface area contributed by atoms with Crippen molar-refractivity contribution in [1.82, 2.24) is 18.8 Å². The molecule has 0 saturated carbocycles. The van der Waals surface area contributed by atoms with Crippen LogP contribution in [-0.4, -0.2) is 18.8 Å². The van der Waals surface area contributed by atoms with Crippen LogP contribution in [0.4, 0.5) is 0 Å². The fourth-order valence-electron chi connectivity index (χ4n) is 4.61. The molecule has 0 atom stereocenters. The molecule has 120 valence electrons. The van der Waals surface area contributed by atoms with E-state index in [0.29, 0.717) is 0 Å². The van der Waals surface area contributed by atoms with Crippen molar-refractivity contribution < 1.29 is 0 Å². The van der Waals surface area contributed by atoms with Crippen molar-refractivity contribution in [3.05, 3.63) is 73.3 Å². The summed E-state index contributed by atoms with van der Waals surface area (Å²) >= 11 is 0. The highest BCUT2D eigenvalue weighted by Crippen LogP contribution is 2.39. The second-order valence-corrected chi connectivity index (χ2v) is 6.81. The van der Waals surface area contributed by atoms with Crippen molar-refractivity contribution >= 4 is 54.6 Å². The topological polar surface area (TPSA) is 34.6 Å². The zero-order valence-corrected chi connectivity index (χ0v) is 13.7. The number of aromatic nitrogens is 4. The molecule has 0 N–H and O–H groups in total. The highest BCUT2D eigenvalue weighted by atomic mass is 15.0. The number of hydrogen-bond acceptors (Lipinski definition) is 2. The standard InChI is InChI=1S/C22H12N4/c1-3-7-17-13(5-1)15-9-23-11-19-21(15)25(17)20-12-24-10-16-14-6-2-4-8-18(14)26(19)22(16)20/h1-12H. The smallest absolute Gasteiger partial charge is 0.0895 e. The van der Waals surface area contributed by atoms with Gasteiger partial charge in [-0.05, 0) is 12.1 Å². The minimum absolute atomic E-state index is 1.13. The van der Waals surface area contributed by atoms with Crippen molar-refractivity contribution in [2.24, 2.45) is 0 Å². The molecule has 0 fully saturated rings. The number of benzene rings is 2. The SMILES string of the molecule is c1ccc2c(c1)c1cncc3c1n2c1cncc2c4ccccc4n3c21. The van der Waals surface area contributed by atoms with Gasteiger partial charge in [0.15, 0.2) is 0 Å². The zero-order valence-electron chi connectivity index (χ0n) is 13.7. The summed E-state index contributed by atoms with van der Waals surface area (Å²) in [6.45, 7) is 0. The molecule has 4 heteroatoms. The molecule has 0 bridgehead atoms. The van der Waals surface area contributed by atoms with E-state index < -0.39 is 0 Å². The van der Waals surface area contributed by atoms with E-state index in [0.717, 1.165) is 11.0 Å². The second kappa shape index (κ2) is 4.11. The number of fused-ring (bicyclic) bond motifs is 8. The van der Waals surface area contributed by atoms with E-state index in [1.807, 2.05) is 24.8 Å². The molecule has 0 aliphatic rings. The molecule has 0 unspecified atom stereocenters. The summed E-state index contributed by atoms with van der Waals surface area (Å²) < 4.78 is 4.69. The summed E-state index contributed by atoms with van der Waals surface area (Å²) in [6, 6.07) is 17.1. The van der Waals surface area contributed by atoms with Gasteiger partial charge in [0.25, 0.3) is 0 Å². The van der Waals surface area contributed by atoms with Gasteiger partial charge >= 0.3 is 0 Å². The van der Waals surface area contributed by atoms with Crippen LogP contribution in [0.25, 0.3) is 54.6 Å². The molecule has 5 heterocycles. The van der Waals surface area contributed by atoms with Crippen LogP contribution in [0, 0.1) is 0 Å². The Balaban J connectivity index is 2.02. The van der Waals surface area contributed by atoms with Gasteiger partial charge in [0, 0.05) is 33.9 Å². The van der Waals surface area contributed by atoms with Crippen molar-refractivity contribution in [3.63, 3.8) is 0 Å². The van der Waals surface area contributed by atoms with Crippen LogP contribution in [0.5, 0.6) is 0 Å². The van der Waals surface area contributed by atoms with Crippen LogP contribution in [0.1, 0.15) is 0 Å². The summed E-state index contributed by atoms with van der Waals surface area (Å²) in [5.74, 6) is 0. The average molecular weight is 332 g/mol. The van der Waals surface area contributed by atoms with Gasteiger partial charge < -0.3 is 8.80 Å². The lowest BCUT2D eigenvalue weighted by atomic mass is 10.2. The summed E-state index contributed by atoms with van der Waals surface area (Å²) in [6.07, 6.45) is 7.91. The Bertz CT molecular complexity index is 1510. The highest BCUT2D eigenvalue weighted by molar-refractivity contribution is 6.20. The predicted molar refractivity (Wildman–Crippen MR) is 105 cm³/mol. The normalized spacial score (nSPS) is 12.6. The van der Waals surface area contributed by atoms with E-state index in [1.54, 1.807) is 0 Å². The molecule has 4 nitrogen and oxygen atoms in total. The van der Waals surface area contributed by atoms with Crippen LogP contribution in [0.3, 0.4) is 0 Å². The van der Waals surface area contributed by atoms with Crippen molar-refractivity contribution in [3.8, 4) is 0 Å². The lowest BCUT2D eigenvalue weighted by Crippen LogP contribution is -1.97. The van der Waals surface area contributed by atoms with E-state index in [2.05, 4.69) is 67.3 Å². The van der Waals surface area contributed by atoms with Crippen molar-refractivity contribution in [2.75, 3.05) is 0 Å². The van der Waals surface area contributed by atoms with Gasteiger partial charge in [-0.15, -0.1) is 0 Å². The summed E-state index contributed by atoms with van der Waals surface area (Å²) in [7, 11) is 0. The minimum Gasteiger partial charge on any atom is -0.304 e. The Kier molecular flexibility index (Phi) is 2.00. The molecule has 7 aromatic rings. The second-order valence-electron chi connectivity index (χ2n) is 6.81. The molecule has 0 aliphatic carbocycles. The largest absolute Gasteiger partial charge is 0.304 e. The maximum atomic E-state index is 4.58. The van der Waals surface area contributed by atoms with Crippen LogP contribution in [0.15, 0.2) is 73.3 Å². The molecule has 0 saturated heterocycles. The molecular formula is C22H12N4. The summed E-state index contributed by atoms with van der Waals surface area (Å²) in [5, 5.41) is 4.81. The van der Waals surface area contributed by atoms with Gasteiger partial charge in [-0.2, -0.15) is 0 Å². The molecule has 26 heavy (non-hydrogen) atoms. The number of hydrogen-bond donors (Lipinski definition) is 0. The zero-order chi connectivity index (χ0) is 16.8. The molecule has 7 rings (SSSR count). The van der Waals surface area contributed by atoms with E-state index in [-0.39, 0.29) is 0 Å². The van der Waals surface area contributed by atoms with Gasteiger partial charge in [0.05, 0.1) is 45.5 Å². The Hall–Kier alpha value is -3.66. The van der Waals surface area contributed by atoms with E-state index >= 15 is 0 Å². The van der Waals surface area contributed by atoms with Crippen molar-refractivity contribution in [2.45, 2.75) is 0 Å². The summed E-state index contributed by atoms with van der Waals surface area (Å²) in [5.41, 5.74) is 7.05. The fourth-order valence-corrected chi connectivity index (χ4v) is 4.61. The van der Waals surface area contributed by atoms with Gasteiger partial charge in [0.1, 0.15) is 0 Å². The van der Waals surface area contributed by atoms with E-state index in [9.17, 15) is 0 Å². The maximum Gasteiger partial charge on any atom is 0.0895 e. The monoisotopic (exact) mass is 332 g/mol. The van der Waals surface area contributed by atoms with Gasteiger partial charge in [-0.25, -0.2) is 0 Å². The predicted octanol–water partition coefficient (Wildman–Crippen LogP) is 5.03. The molecule has 0 radical (unpaired) electrons. The van der Waals surface area contributed by atoms with Crippen LogP contribution >= 0.6 is 0 Å². The lowest BCUT2D eigenvalue weighted by Gasteiger charge is -2.10. The van der Waals surface area contributed by atoms with E-state index in [4.69, 9.17) is 0 Å². The third-order valence-electron chi connectivity index (χ3n) is 5.60. The fraction of sp³-hybridized carbons (Fsp3) is 0. The first-order valence-corrected chi connectivity index (χ1v) is 8.68. The first-order valence-electron chi connectivity index (χ1n) is 8.68. The number of para-hydroxylation sites is 2. The first-order chi connectivity index (χ1) is 12.9. The third kappa shape index (κ3) is 1.24. The van der Waals surface area contributed by atoms with Crippen molar-refractivity contribution in [1.29, 1.82) is 0 Å². The van der Waals surface area contributed by atoms with Gasteiger partial charge in [-0.1, -0.05) is 36.4 Å². The lowest BCUT2D eigenvalue weighted by molar-refractivity contribution is 1.21. The minimum atomic E-state index is 1.13. The Morgan fingerprint density at radius 2 is 0.923 bits per heavy atom. The molecule has 0 amide bonds. The van der Waals surface area contributed by atoms with Crippen LogP contribution in [-0.2, 0) is 0 Å². The van der Waals surface area contributed by atoms with E-state index in [1.165, 1.54) is 43.6 Å². The molecular weight excluding hydrogens is 320 g/mol. The van der Waals surface area contributed by atoms with Gasteiger partial charge in [-0.3, -0.25) is 9.97 Å². The quantitative estimate of drug-likeness (QED) is 0.365. The first kappa shape index (κ1) is 12.7. The average Bonchev–Trinajstić information content (AvgIpc) is 3.22. The Morgan fingerprint density at radius 3 is 1.42 bits per heavy atom. The molecule has 5 aromatic heterocycles. The third-order valence-corrected chi connectivity index (χ3v) is 5.60. The molecule has 0 spiro atoms. The Labute approximate surface area is 147 Å². The molecule has 0 aliphatic heterocycles. The van der Waals surface area contributed by atoms with Crippen LogP contribution in [0.2, 0.25) is 0 Å². The van der Waals surface area contributed by atoms with Crippen LogP contribution < -0.4 is 0 Å². The number of pyridine rings is 2. The molecule has 2 aromatic carbocycles. The highest BCUT2D eigenvalue weighted by Gasteiger charge is 2.20.